The van der Waals surface area contributed by atoms with Crippen LogP contribution in [0.2, 0.25) is 0 Å². The molecule has 0 saturated heterocycles. The first kappa shape index (κ1) is 31.1. The Labute approximate surface area is 282 Å². The Balaban J connectivity index is 1.48. The molecule has 226 valence electrons. The van der Waals surface area contributed by atoms with Crippen molar-refractivity contribution in [3.05, 3.63) is 131 Å². The molecule has 5 aromatic rings. The van der Waals surface area contributed by atoms with Crippen LogP contribution in [0, 0.1) is 5.41 Å². The quantitative estimate of drug-likeness (QED) is 0.159. The van der Waals surface area contributed by atoms with Crippen LogP contribution >= 0.6 is 17.0 Å². The molecule has 5 aromatic carbocycles. The molecule has 0 fully saturated rings. The van der Waals surface area contributed by atoms with E-state index in [2.05, 4.69) is 157 Å². The zero-order chi connectivity index (χ0) is 31.7. The van der Waals surface area contributed by atoms with E-state index in [9.17, 15) is 0 Å². The molecule has 0 bridgehead atoms. The maximum absolute atomic E-state index is 8.04. The minimum absolute atomic E-state index is 0.0264. The summed E-state index contributed by atoms with van der Waals surface area (Å²) in [4.78, 5) is 0. The molecule has 0 nitrogen and oxygen atoms in total. The maximum atomic E-state index is 8.04. The van der Waals surface area contributed by atoms with Crippen molar-refractivity contribution >= 4 is 46.3 Å². The summed E-state index contributed by atoms with van der Waals surface area (Å²) in [7, 11) is 15.4. The van der Waals surface area contributed by atoms with E-state index in [0.717, 1.165) is 0 Å². The fraction of sp³-hybridized carbons (Fsp3) is 0.220. The molecule has 0 amide bonds. The summed E-state index contributed by atoms with van der Waals surface area (Å²) in [6, 6.07) is 40.1. The van der Waals surface area contributed by atoms with Gasteiger partial charge in [0.25, 0.3) is 0 Å². The number of hydrogen-bond acceptors (Lipinski definition) is 0. The molecule has 1 unspecified atom stereocenters. The van der Waals surface area contributed by atoms with Crippen LogP contribution in [0.15, 0.2) is 115 Å². The second-order valence-electron chi connectivity index (χ2n) is 14.7. The van der Waals surface area contributed by atoms with E-state index in [1.807, 2.05) is 0 Å². The topological polar surface area (TPSA) is 0 Å². The molecule has 1 aliphatic heterocycles. The van der Waals surface area contributed by atoms with Gasteiger partial charge in [-0.15, -0.1) is 0 Å². The molecule has 0 aromatic heterocycles. The van der Waals surface area contributed by atoms with Gasteiger partial charge in [-0.25, -0.2) is 0 Å². The van der Waals surface area contributed by atoms with E-state index in [1.54, 1.807) is 0 Å². The van der Waals surface area contributed by atoms with Gasteiger partial charge in [0.15, 0.2) is 0 Å². The monoisotopic (exact) mass is 720 g/mol. The number of benzene rings is 5. The van der Waals surface area contributed by atoms with Crippen molar-refractivity contribution in [2.24, 2.45) is 5.41 Å². The minimum atomic E-state index is -4.14. The van der Waals surface area contributed by atoms with E-state index in [0.29, 0.717) is 0 Å². The molecule has 4 heteroatoms. The van der Waals surface area contributed by atoms with Crippen molar-refractivity contribution in [2.75, 3.05) is 0 Å². The van der Waals surface area contributed by atoms with Crippen molar-refractivity contribution in [1.82, 2.24) is 0 Å². The van der Waals surface area contributed by atoms with Gasteiger partial charge in [0, 0.05) is 0 Å². The first-order valence-corrected chi connectivity index (χ1v) is 26.4. The van der Waals surface area contributed by atoms with E-state index < -0.39 is 27.4 Å². The Bertz CT molecular complexity index is 1980. The number of rotatable bonds is 4. The zero-order valence-electron chi connectivity index (χ0n) is 27.0. The number of hydrogen-bond donors (Lipinski definition) is 0. The second kappa shape index (κ2) is 11.3. The Hall–Kier alpha value is -2.48. The molecule has 0 N–H and O–H groups in total. The van der Waals surface area contributed by atoms with Crippen LogP contribution < -0.4 is 13.6 Å². The van der Waals surface area contributed by atoms with Gasteiger partial charge in [-0.05, 0) is 0 Å². The molecule has 45 heavy (non-hydrogen) atoms. The Morgan fingerprint density at radius 2 is 1.22 bits per heavy atom. The van der Waals surface area contributed by atoms with Crippen LogP contribution in [0.4, 0.5) is 0 Å². The standard InChI is InChI=1S/C29H31.C12H9Si.2ClH.Zr/c1-28(2,3)22-18-21-16-17-26(29(4,5)6)27(25(21)19-22)24-15-11-10-14-23(24)20-12-8-7-9-13-20;1-3-7-11-9(5-1)10-6-2-4-8-12(10)13-11;;;/h7-19H,1-6H3;1-7H,13H2;2*1H;/q;;;;+2/p-2. The van der Waals surface area contributed by atoms with Crippen molar-refractivity contribution in [3.63, 3.8) is 0 Å². The third-order valence-corrected chi connectivity index (χ3v) is 23.9. The van der Waals surface area contributed by atoms with Crippen LogP contribution in [0.25, 0.3) is 39.5 Å². The molecule has 7 rings (SSSR count). The van der Waals surface area contributed by atoms with Gasteiger partial charge in [-0.1, -0.05) is 0 Å². The molecular formula is C41H40Cl2SiZr. The predicted octanol–water partition coefficient (Wildman–Crippen LogP) is 9.69. The summed E-state index contributed by atoms with van der Waals surface area (Å²) in [5, 5.41) is 2.98. The predicted molar refractivity (Wildman–Crippen MR) is 197 cm³/mol. The summed E-state index contributed by atoms with van der Waals surface area (Å²) < 4.78 is 1.31. The Morgan fingerprint density at radius 3 is 1.91 bits per heavy atom. The summed E-state index contributed by atoms with van der Waals surface area (Å²) in [6.07, 6.45) is 2.48. The molecule has 1 heterocycles. The van der Waals surface area contributed by atoms with Gasteiger partial charge < -0.3 is 0 Å². The van der Waals surface area contributed by atoms with Crippen molar-refractivity contribution in [3.8, 4) is 33.4 Å². The van der Waals surface area contributed by atoms with E-state index in [-0.39, 0.29) is 14.5 Å². The van der Waals surface area contributed by atoms with Gasteiger partial charge >= 0.3 is 285 Å². The average Bonchev–Trinajstić information content (AvgIpc) is 3.60. The number of halogens is 2. The van der Waals surface area contributed by atoms with E-state index in [4.69, 9.17) is 17.0 Å². The molecule has 1 atom stereocenters. The average molecular weight is 723 g/mol. The van der Waals surface area contributed by atoms with E-state index in [1.165, 1.54) is 69.3 Å². The van der Waals surface area contributed by atoms with Crippen LogP contribution in [-0.4, -0.2) is 9.52 Å². The summed E-state index contributed by atoms with van der Waals surface area (Å²) in [5.41, 5.74) is 13.0. The van der Waals surface area contributed by atoms with Gasteiger partial charge in [0.2, 0.25) is 0 Å². The Morgan fingerprint density at radius 1 is 0.600 bits per heavy atom. The SMILES string of the molecule is CC(C)(C)C1=Cc2c(ccc(C(C)(C)C)c2-c2ccccc2-c2ccccc2)[CH]1[Zr]([Cl])([Cl])[c]1cccc2c1[SiH2]c1ccccc1-2. The van der Waals surface area contributed by atoms with Crippen molar-refractivity contribution < 1.29 is 17.9 Å². The van der Waals surface area contributed by atoms with Crippen molar-refractivity contribution in [1.29, 1.82) is 0 Å². The first-order valence-electron chi connectivity index (χ1n) is 16.0. The zero-order valence-corrected chi connectivity index (χ0v) is 32.4. The summed E-state index contributed by atoms with van der Waals surface area (Å²) in [6.45, 7) is 14.0. The van der Waals surface area contributed by atoms with Gasteiger partial charge in [0.05, 0.1) is 0 Å². The first-order chi connectivity index (χ1) is 21.4. The normalized spacial score (nSPS) is 16.4. The molecule has 0 spiro atoms. The van der Waals surface area contributed by atoms with Crippen LogP contribution in [0.1, 0.15) is 61.9 Å². The third kappa shape index (κ3) is 5.31. The van der Waals surface area contributed by atoms with Gasteiger partial charge in [-0.3, -0.25) is 0 Å². The molecule has 0 saturated carbocycles. The Kier molecular flexibility index (Phi) is 7.85. The van der Waals surface area contributed by atoms with E-state index >= 15 is 0 Å². The summed E-state index contributed by atoms with van der Waals surface area (Å²) >= 11 is -4.14. The fourth-order valence-corrected chi connectivity index (χ4v) is 24.7. The van der Waals surface area contributed by atoms with Gasteiger partial charge in [-0.2, -0.15) is 0 Å². The number of allylic oxidation sites excluding steroid dienone is 1. The third-order valence-electron chi connectivity index (χ3n) is 9.73. The molecular weight excluding hydrogens is 683 g/mol. The number of fused-ring (bicyclic) bond motifs is 4. The van der Waals surface area contributed by atoms with Crippen LogP contribution in [0.3, 0.4) is 0 Å². The van der Waals surface area contributed by atoms with Crippen molar-refractivity contribution in [2.45, 2.75) is 50.6 Å². The van der Waals surface area contributed by atoms with Crippen LogP contribution in [0.5, 0.6) is 0 Å². The molecule has 0 radical (unpaired) electrons. The molecule has 1 aliphatic carbocycles. The van der Waals surface area contributed by atoms with Crippen LogP contribution in [-0.2, 0) is 23.3 Å². The molecule has 2 aliphatic rings. The second-order valence-corrected chi connectivity index (χ2v) is 30.6. The fourth-order valence-electron chi connectivity index (χ4n) is 7.60. The summed E-state index contributed by atoms with van der Waals surface area (Å²) in [5.74, 6) is 0. The van der Waals surface area contributed by atoms with Gasteiger partial charge in [0.1, 0.15) is 0 Å².